The summed E-state index contributed by atoms with van der Waals surface area (Å²) in [6.45, 7) is 7.54. The van der Waals surface area contributed by atoms with Crippen molar-refractivity contribution >= 4 is 6.09 Å². The molecule has 1 aliphatic heterocycles. The molecule has 0 spiro atoms. The fourth-order valence-corrected chi connectivity index (χ4v) is 2.76. The van der Waals surface area contributed by atoms with E-state index in [0.29, 0.717) is 19.8 Å². The smallest absolute Gasteiger partial charge is 0.408 e. The molecule has 2 aliphatic rings. The van der Waals surface area contributed by atoms with Gasteiger partial charge in [0.25, 0.3) is 0 Å². The van der Waals surface area contributed by atoms with E-state index in [1.807, 2.05) is 20.8 Å². The van der Waals surface area contributed by atoms with Crippen LogP contribution in [-0.2, 0) is 9.47 Å². The molecule has 5 nitrogen and oxygen atoms in total. The van der Waals surface area contributed by atoms with Crippen LogP contribution in [0, 0.1) is 5.41 Å². The van der Waals surface area contributed by atoms with Crippen molar-refractivity contribution in [2.75, 3.05) is 19.8 Å². The Kier molecular flexibility index (Phi) is 3.80. The second-order valence-corrected chi connectivity index (χ2v) is 7.09. The summed E-state index contributed by atoms with van der Waals surface area (Å²) >= 11 is 0. The monoisotopic (exact) mass is 270 g/mol. The summed E-state index contributed by atoms with van der Waals surface area (Å²) in [6.07, 6.45) is 3.69. The van der Waals surface area contributed by atoms with Gasteiger partial charge >= 0.3 is 6.09 Å². The number of nitrogens with two attached hydrogens (primary N) is 1. The summed E-state index contributed by atoms with van der Waals surface area (Å²) in [5.74, 6) is 0. The van der Waals surface area contributed by atoms with Crippen LogP contribution in [-0.4, -0.2) is 37.0 Å². The molecular weight excluding hydrogens is 244 g/mol. The Balaban J connectivity index is 1.98. The summed E-state index contributed by atoms with van der Waals surface area (Å²) in [5, 5.41) is 3.04. The highest BCUT2D eigenvalue weighted by atomic mass is 16.6. The van der Waals surface area contributed by atoms with Crippen LogP contribution in [0.5, 0.6) is 0 Å². The van der Waals surface area contributed by atoms with E-state index < -0.39 is 5.60 Å². The molecule has 1 saturated carbocycles. The zero-order valence-corrected chi connectivity index (χ0v) is 12.3. The average Bonchev–Trinajstić information content (AvgIpc) is 2.88. The molecule has 2 fully saturated rings. The maximum absolute atomic E-state index is 12.0. The summed E-state index contributed by atoms with van der Waals surface area (Å²) in [5.41, 5.74) is 5.29. The van der Waals surface area contributed by atoms with E-state index >= 15 is 0 Å². The lowest BCUT2D eigenvalue weighted by atomic mass is 9.84. The maximum Gasteiger partial charge on any atom is 0.408 e. The minimum Gasteiger partial charge on any atom is -0.444 e. The summed E-state index contributed by atoms with van der Waals surface area (Å²) < 4.78 is 10.9. The predicted octanol–water partition coefficient (Wildman–Crippen LogP) is 1.80. The molecule has 1 saturated heterocycles. The van der Waals surface area contributed by atoms with Crippen LogP contribution in [0.25, 0.3) is 0 Å². The van der Waals surface area contributed by atoms with E-state index in [-0.39, 0.29) is 17.0 Å². The highest BCUT2D eigenvalue weighted by Gasteiger charge is 2.50. The Labute approximate surface area is 115 Å². The van der Waals surface area contributed by atoms with E-state index in [0.717, 1.165) is 25.7 Å². The molecule has 1 unspecified atom stereocenters. The Morgan fingerprint density at radius 3 is 2.47 bits per heavy atom. The van der Waals surface area contributed by atoms with Gasteiger partial charge in [0.1, 0.15) is 5.60 Å². The quantitative estimate of drug-likeness (QED) is 0.817. The van der Waals surface area contributed by atoms with Crippen molar-refractivity contribution in [2.45, 2.75) is 57.6 Å². The van der Waals surface area contributed by atoms with Gasteiger partial charge in [0.05, 0.1) is 12.1 Å². The molecule has 1 aliphatic carbocycles. The third-order valence-corrected chi connectivity index (χ3v) is 3.97. The molecule has 110 valence electrons. The van der Waals surface area contributed by atoms with Crippen LogP contribution < -0.4 is 11.1 Å². The fourth-order valence-electron chi connectivity index (χ4n) is 2.76. The van der Waals surface area contributed by atoms with Crippen LogP contribution in [0.4, 0.5) is 4.79 Å². The average molecular weight is 270 g/mol. The van der Waals surface area contributed by atoms with Gasteiger partial charge in [-0.1, -0.05) is 0 Å². The molecule has 2 rings (SSSR count). The zero-order valence-electron chi connectivity index (χ0n) is 12.3. The van der Waals surface area contributed by atoms with Crippen LogP contribution in [0.3, 0.4) is 0 Å². The van der Waals surface area contributed by atoms with Gasteiger partial charge in [-0.25, -0.2) is 4.79 Å². The van der Waals surface area contributed by atoms with Gasteiger partial charge in [-0.15, -0.1) is 0 Å². The topological polar surface area (TPSA) is 73.6 Å². The van der Waals surface area contributed by atoms with Gasteiger partial charge in [-0.2, -0.15) is 0 Å². The number of carbonyl (C=O) groups is 1. The molecule has 1 atom stereocenters. The first-order chi connectivity index (χ1) is 8.78. The summed E-state index contributed by atoms with van der Waals surface area (Å²) in [4.78, 5) is 12.0. The van der Waals surface area contributed by atoms with Gasteiger partial charge in [0, 0.05) is 6.61 Å². The zero-order chi connectivity index (χ0) is 14.1. The second-order valence-electron chi connectivity index (χ2n) is 7.09. The Bertz CT molecular complexity index is 339. The first-order valence-corrected chi connectivity index (χ1v) is 7.07. The Hall–Kier alpha value is -0.810. The number of amides is 1. The lowest BCUT2D eigenvalue weighted by Crippen LogP contribution is -2.52. The van der Waals surface area contributed by atoms with Crippen molar-refractivity contribution in [3.05, 3.63) is 0 Å². The van der Waals surface area contributed by atoms with Crippen molar-refractivity contribution in [3.63, 3.8) is 0 Å². The summed E-state index contributed by atoms with van der Waals surface area (Å²) in [7, 11) is 0. The van der Waals surface area contributed by atoms with Gasteiger partial charge in [0.2, 0.25) is 0 Å². The van der Waals surface area contributed by atoms with E-state index in [1.54, 1.807) is 0 Å². The molecule has 1 heterocycles. The minimum absolute atomic E-state index is 0.211. The lowest BCUT2D eigenvalue weighted by molar-refractivity contribution is 0.0416. The Morgan fingerprint density at radius 1 is 1.37 bits per heavy atom. The molecule has 0 aromatic heterocycles. The van der Waals surface area contributed by atoms with Gasteiger partial charge in [-0.3, -0.25) is 0 Å². The molecular formula is C14H26N2O3. The van der Waals surface area contributed by atoms with Crippen LogP contribution in [0.1, 0.15) is 46.5 Å². The third kappa shape index (κ3) is 3.83. The molecule has 0 bridgehead atoms. The van der Waals surface area contributed by atoms with Gasteiger partial charge in [0.15, 0.2) is 0 Å². The van der Waals surface area contributed by atoms with E-state index in [2.05, 4.69) is 5.32 Å². The first-order valence-electron chi connectivity index (χ1n) is 7.07. The third-order valence-electron chi connectivity index (χ3n) is 3.97. The van der Waals surface area contributed by atoms with Crippen molar-refractivity contribution in [3.8, 4) is 0 Å². The molecule has 5 heteroatoms. The van der Waals surface area contributed by atoms with Crippen molar-refractivity contribution in [2.24, 2.45) is 11.1 Å². The molecule has 1 amide bonds. The number of hydrogen-bond acceptors (Lipinski definition) is 4. The van der Waals surface area contributed by atoms with Gasteiger partial charge in [-0.05, 0) is 58.4 Å². The number of alkyl carbamates (subject to hydrolysis) is 1. The standard InChI is InChI=1S/C14H26N2O3/c1-12(2,3)19-11(17)16-14(6-7-18-10-14)8-13(9-15)4-5-13/h4-10,15H2,1-3H3,(H,16,17). The van der Waals surface area contributed by atoms with Crippen LogP contribution in [0.2, 0.25) is 0 Å². The minimum atomic E-state index is -0.476. The van der Waals surface area contributed by atoms with Crippen molar-refractivity contribution in [1.82, 2.24) is 5.32 Å². The lowest BCUT2D eigenvalue weighted by Gasteiger charge is -2.33. The second kappa shape index (κ2) is 4.94. The molecule has 3 N–H and O–H groups in total. The fraction of sp³-hybridized carbons (Fsp3) is 0.929. The number of hydrogen-bond donors (Lipinski definition) is 2. The van der Waals surface area contributed by atoms with E-state index in [1.165, 1.54) is 0 Å². The predicted molar refractivity (Wildman–Crippen MR) is 72.9 cm³/mol. The van der Waals surface area contributed by atoms with Crippen molar-refractivity contribution < 1.29 is 14.3 Å². The highest BCUT2D eigenvalue weighted by molar-refractivity contribution is 5.69. The summed E-state index contributed by atoms with van der Waals surface area (Å²) in [6, 6.07) is 0. The largest absolute Gasteiger partial charge is 0.444 e. The van der Waals surface area contributed by atoms with Crippen LogP contribution >= 0.6 is 0 Å². The first kappa shape index (κ1) is 14.6. The normalized spacial score (nSPS) is 29.1. The highest BCUT2D eigenvalue weighted by Crippen LogP contribution is 2.51. The SMILES string of the molecule is CC(C)(C)OC(=O)NC1(CC2(CN)CC2)CCOC1. The van der Waals surface area contributed by atoms with Crippen LogP contribution in [0.15, 0.2) is 0 Å². The van der Waals surface area contributed by atoms with E-state index in [9.17, 15) is 4.79 Å². The molecule has 0 aromatic rings. The number of rotatable bonds is 4. The molecule has 0 radical (unpaired) electrons. The molecule has 19 heavy (non-hydrogen) atoms. The number of nitrogens with one attached hydrogen (secondary N) is 1. The maximum atomic E-state index is 12.0. The van der Waals surface area contributed by atoms with E-state index in [4.69, 9.17) is 15.2 Å². The number of carbonyl (C=O) groups excluding carboxylic acids is 1. The molecule has 0 aromatic carbocycles. The number of ether oxygens (including phenoxy) is 2. The Morgan fingerprint density at radius 2 is 2.05 bits per heavy atom. The van der Waals surface area contributed by atoms with Gasteiger partial charge < -0.3 is 20.5 Å². The van der Waals surface area contributed by atoms with Crippen molar-refractivity contribution in [1.29, 1.82) is 0 Å².